The summed E-state index contributed by atoms with van der Waals surface area (Å²) in [5.41, 5.74) is 1.27. The van der Waals surface area contributed by atoms with Crippen LogP contribution in [0.5, 0.6) is 0 Å². The van der Waals surface area contributed by atoms with Crippen molar-refractivity contribution in [2.24, 2.45) is 0 Å². The van der Waals surface area contributed by atoms with Crippen LogP contribution in [0.15, 0.2) is 24.3 Å². The summed E-state index contributed by atoms with van der Waals surface area (Å²) >= 11 is 2.08. The number of hydrogen-bond acceptors (Lipinski definition) is 2. The van der Waals surface area contributed by atoms with Crippen LogP contribution in [-0.2, 0) is 11.2 Å². The molecule has 0 aliphatic heterocycles. The molecule has 0 heterocycles. The Kier molecular flexibility index (Phi) is 14.0. The molecule has 1 rings (SSSR count). The first-order chi connectivity index (χ1) is 13.0. The Morgan fingerprint density at radius 3 is 1.85 bits per heavy atom. The molecule has 0 bridgehead atoms. The van der Waals surface area contributed by atoms with Gasteiger partial charge >= 0.3 is 0 Å². The summed E-state index contributed by atoms with van der Waals surface area (Å²) in [5, 5.41) is 0. The molecule has 0 saturated heterocycles. The quantitative estimate of drug-likeness (QED) is 0.263. The van der Waals surface area contributed by atoms with E-state index in [1.54, 1.807) is 12.1 Å². The minimum Gasteiger partial charge on any atom is -0.376 e. The molecule has 27 heavy (non-hydrogen) atoms. The van der Waals surface area contributed by atoms with Crippen molar-refractivity contribution in [1.29, 1.82) is 0 Å². The maximum Gasteiger partial charge on any atom is 0.123 e. The minimum atomic E-state index is -0.136. The van der Waals surface area contributed by atoms with Gasteiger partial charge in [-0.25, -0.2) is 4.39 Å². The molecule has 0 radical (unpaired) electrons. The molecule has 0 saturated carbocycles. The topological polar surface area (TPSA) is 9.23 Å². The fourth-order valence-corrected chi connectivity index (χ4v) is 4.00. The van der Waals surface area contributed by atoms with Crippen molar-refractivity contribution >= 4 is 11.8 Å². The number of aryl methyl sites for hydroxylation is 1. The summed E-state index contributed by atoms with van der Waals surface area (Å²) < 4.78 is 18.6. The lowest BCUT2D eigenvalue weighted by Gasteiger charge is -2.19. The van der Waals surface area contributed by atoms with Gasteiger partial charge in [-0.2, -0.15) is 11.8 Å². The van der Waals surface area contributed by atoms with E-state index in [1.165, 1.54) is 81.3 Å². The van der Waals surface area contributed by atoms with Crippen LogP contribution in [0.1, 0.15) is 90.5 Å². The lowest BCUT2D eigenvalue weighted by Crippen LogP contribution is -2.19. The predicted molar refractivity (Wildman–Crippen MR) is 119 cm³/mol. The number of hydrogen-bond donors (Lipinski definition) is 0. The molecule has 0 N–H and O–H groups in total. The maximum atomic E-state index is 12.8. The molecule has 0 aliphatic rings. The number of thioether (sulfide) groups is 1. The fourth-order valence-electron chi connectivity index (χ4n) is 3.06. The summed E-state index contributed by atoms with van der Waals surface area (Å²) in [4.78, 5) is 0. The second-order valence-electron chi connectivity index (χ2n) is 8.49. The van der Waals surface area contributed by atoms with Gasteiger partial charge in [0.15, 0.2) is 0 Å². The molecule has 3 heteroatoms. The third kappa shape index (κ3) is 16.1. The summed E-state index contributed by atoms with van der Waals surface area (Å²) in [6.45, 7) is 7.25. The molecular weight excluding hydrogens is 355 g/mol. The van der Waals surface area contributed by atoms with Crippen LogP contribution in [0, 0.1) is 5.82 Å². The Labute approximate surface area is 171 Å². The average molecular weight is 397 g/mol. The lowest BCUT2D eigenvalue weighted by molar-refractivity contribution is -0.00196. The monoisotopic (exact) mass is 396 g/mol. The highest BCUT2D eigenvalue weighted by Crippen LogP contribution is 2.14. The van der Waals surface area contributed by atoms with Crippen LogP contribution >= 0.6 is 11.8 Å². The van der Waals surface area contributed by atoms with Crippen molar-refractivity contribution in [2.45, 2.75) is 97.0 Å². The van der Waals surface area contributed by atoms with Crippen LogP contribution in [0.4, 0.5) is 4.39 Å². The second kappa shape index (κ2) is 15.4. The van der Waals surface area contributed by atoms with E-state index in [4.69, 9.17) is 4.74 Å². The standard InChI is InChI=1S/C24H41FOS/c1-24(2,3)26-19-13-21-27-20-12-10-8-6-4-5-7-9-11-14-22-15-17-23(25)18-16-22/h15-18H,4-14,19-21H2,1-3H3. The average Bonchev–Trinajstić information content (AvgIpc) is 2.62. The number of halogens is 1. The van der Waals surface area contributed by atoms with Crippen molar-refractivity contribution in [3.8, 4) is 0 Å². The van der Waals surface area contributed by atoms with Gasteiger partial charge in [-0.15, -0.1) is 0 Å². The molecule has 0 spiro atoms. The van der Waals surface area contributed by atoms with Gasteiger partial charge in [-0.1, -0.05) is 57.1 Å². The molecule has 0 unspecified atom stereocenters. The number of benzene rings is 1. The predicted octanol–water partition coefficient (Wildman–Crippen LogP) is 7.82. The molecule has 1 aromatic carbocycles. The first-order valence-corrected chi connectivity index (χ1v) is 12.1. The highest BCUT2D eigenvalue weighted by molar-refractivity contribution is 7.99. The van der Waals surface area contributed by atoms with E-state index in [0.717, 1.165) is 13.0 Å². The number of rotatable bonds is 16. The Hall–Kier alpha value is -0.540. The molecule has 0 fully saturated rings. The van der Waals surface area contributed by atoms with Crippen molar-refractivity contribution in [1.82, 2.24) is 0 Å². The van der Waals surface area contributed by atoms with Crippen molar-refractivity contribution in [3.63, 3.8) is 0 Å². The smallest absolute Gasteiger partial charge is 0.123 e. The molecule has 0 amide bonds. The zero-order valence-electron chi connectivity index (χ0n) is 17.9. The van der Waals surface area contributed by atoms with Gasteiger partial charge in [0.1, 0.15) is 5.82 Å². The summed E-state index contributed by atoms with van der Waals surface area (Å²) in [6, 6.07) is 6.95. The number of unbranched alkanes of at least 4 members (excludes halogenated alkanes) is 8. The van der Waals surface area contributed by atoms with Gasteiger partial charge in [0.05, 0.1) is 5.60 Å². The first-order valence-electron chi connectivity index (χ1n) is 10.9. The zero-order chi connectivity index (χ0) is 19.8. The normalized spacial score (nSPS) is 11.9. The molecule has 1 nitrogen and oxygen atoms in total. The molecule has 0 atom stereocenters. The summed E-state index contributed by atoms with van der Waals surface area (Å²) in [6.07, 6.45) is 14.4. The molecule has 0 aromatic heterocycles. The zero-order valence-corrected chi connectivity index (χ0v) is 18.7. The van der Waals surface area contributed by atoms with Crippen LogP contribution in [0.2, 0.25) is 0 Å². The summed E-state index contributed by atoms with van der Waals surface area (Å²) in [7, 11) is 0. The van der Waals surface area contributed by atoms with Crippen LogP contribution in [0.3, 0.4) is 0 Å². The highest BCUT2D eigenvalue weighted by atomic mass is 32.2. The van der Waals surface area contributed by atoms with E-state index in [-0.39, 0.29) is 11.4 Å². The van der Waals surface area contributed by atoms with Gasteiger partial charge in [0.2, 0.25) is 0 Å². The Balaban J connectivity index is 1.75. The van der Waals surface area contributed by atoms with Crippen LogP contribution in [-0.4, -0.2) is 23.7 Å². The second-order valence-corrected chi connectivity index (χ2v) is 9.71. The van der Waals surface area contributed by atoms with E-state index in [2.05, 4.69) is 32.5 Å². The lowest BCUT2D eigenvalue weighted by atomic mass is 10.0. The van der Waals surface area contributed by atoms with Gasteiger partial charge in [-0.3, -0.25) is 0 Å². The SMILES string of the molecule is CC(C)(C)OCCCSCCCCCCCCCCCc1ccc(F)cc1. The Morgan fingerprint density at radius 1 is 0.741 bits per heavy atom. The Bertz CT molecular complexity index is 452. The van der Waals surface area contributed by atoms with Gasteiger partial charge in [-0.05, 0) is 75.7 Å². The number of ether oxygens (including phenoxy) is 1. The van der Waals surface area contributed by atoms with E-state index < -0.39 is 0 Å². The summed E-state index contributed by atoms with van der Waals surface area (Å²) in [5.74, 6) is 2.40. The molecule has 156 valence electrons. The first kappa shape index (κ1) is 24.5. The third-order valence-electron chi connectivity index (χ3n) is 4.64. The van der Waals surface area contributed by atoms with E-state index in [1.807, 2.05) is 12.1 Å². The van der Waals surface area contributed by atoms with Crippen molar-refractivity contribution < 1.29 is 9.13 Å². The van der Waals surface area contributed by atoms with Crippen molar-refractivity contribution in [3.05, 3.63) is 35.6 Å². The molecule has 0 aliphatic carbocycles. The van der Waals surface area contributed by atoms with Gasteiger partial charge in [0.25, 0.3) is 0 Å². The van der Waals surface area contributed by atoms with Crippen LogP contribution in [0.25, 0.3) is 0 Å². The maximum absolute atomic E-state index is 12.8. The van der Waals surface area contributed by atoms with Gasteiger partial charge < -0.3 is 4.74 Å². The largest absolute Gasteiger partial charge is 0.376 e. The Morgan fingerprint density at radius 2 is 1.26 bits per heavy atom. The molecular formula is C24H41FOS. The van der Waals surface area contributed by atoms with E-state index >= 15 is 0 Å². The van der Waals surface area contributed by atoms with E-state index in [0.29, 0.717) is 0 Å². The van der Waals surface area contributed by atoms with E-state index in [9.17, 15) is 4.39 Å². The molecule has 1 aromatic rings. The highest BCUT2D eigenvalue weighted by Gasteiger charge is 2.08. The third-order valence-corrected chi connectivity index (χ3v) is 5.79. The minimum absolute atomic E-state index is 0.00721. The van der Waals surface area contributed by atoms with Crippen molar-refractivity contribution in [2.75, 3.05) is 18.1 Å². The van der Waals surface area contributed by atoms with Gasteiger partial charge in [0, 0.05) is 6.61 Å². The fraction of sp³-hybridized carbons (Fsp3) is 0.750. The van der Waals surface area contributed by atoms with Crippen LogP contribution < -0.4 is 0 Å².